The normalized spacial score (nSPS) is 14.1. The maximum Gasteiger partial charge on any atom is 0.408 e. The average molecular weight is 336 g/mol. The van der Waals surface area contributed by atoms with Crippen LogP contribution in [0, 0.1) is 0 Å². The molecular formula is C19H32N2O3. The predicted molar refractivity (Wildman–Crippen MR) is 97.0 cm³/mol. The van der Waals surface area contributed by atoms with Gasteiger partial charge >= 0.3 is 6.09 Å². The molecule has 1 unspecified atom stereocenters. The molecule has 0 fully saturated rings. The van der Waals surface area contributed by atoms with E-state index >= 15 is 0 Å². The van der Waals surface area contributed by atoms with Crippen molar-refractivity contribution in [2.75, 3.05) is 13.2 Å². The minimum atomic E-state index is -0.766. The molecule has 0 aliphatic carbocycles. The van der Waals surface area contributed by atoms with Crippen LogP contribution in [0.4, 0.5) is 4.79 Å². The smallest absolute Gasteiger partial charge is 0.408 e. The highest BCUT2D eigenvalue weighted by Crippen LogP contribution is 2.17. The molecule has 5 heteroatoms. The van der Waals surface area contributed by atoms with E-state index in [1.54, 1.807) is 0 Å². The Kier molecular flexibility index (Phi) is 7.70. The van der Waals surface area contributed by atoms with E-state index in [0.29, 0.717) is 13.0 Å². The van der Waals surface area contributed by atoms with E-state index < -0.39 is 17.2 Å². The topological polar surface area (TPSA) is 84.6 Å². The van der Waals surface area contributed by atoms with Crippen molar-refractivity contribution in [3.8, 4) is 0 Å². The Balaban J connectivity index is 2.72. The number of nitrogens with one attached hydrogen (secondary N) is 1. The number of hydrogen-bond acceptors (Lipinski definition) is 4. The largest absolute Gasteiger partial charge is 0.444 e. The lowest BCUT2D eigenvalue weighted by Crippen LogP contribution is -2.52. The second-order valence-corrected chi connectivity index (χ2v) is 7.59. The molecule has 5 nitrogen and oxygen atoms in total. The van der Waals surface area contributed by atoms with Gasteiger partial charge in [0.1, 0.15) is 5.60 Å². The molecule has 0 aliphatic heterocycles. The van der Waals surface area contributed by atoms with E-state index in [0.717, 1.165) is 24.8 Å². The zero-order chi connectivity index (χ0) is 18.2. The second-order valence-electron chi connectivity index (χ2n) is 7.59. The fourth-order valence-electron chi connectivity index (χ4n) is 2.51. The monoisotopic (exact) mass is 336 g/mol. The number of nitrogens with two attached hydrogens (primary N) is 1. The Hall–Kier alpha value is -1.59. The molecule has 1 aromatic rings. The van der Waals surface area contributed by atoms with Crippen molar-refractivity contribution in [3.05, 3.63) is 35.4 Å². The van der Waals surface area contributed by atoms with Gasteiger partial charge in [0.25, 0.3) is 0 Å². The van der Waals surface area contributed by atoms with E-state index in [2.05, 4.69) is 17.4 Å². The summed E-state index contributed by atoms with van der Waals surface area (Å²) < 4.78 is 5.29. The predicted octanol–water partition coefficient (Wildman–Crippen LogP) is 2.79. The fraction of sp³-hybridized carbons (Fsp3) is 0.632. The van der Waals surface area contributed by atoms with E-state index in [-0.39, 0.29) is 6.61 Å². The van der Waals surface area contributed by atoms with Crippen LogP contribution in [-0.2, 0) is 17.6 Å². The van der Waals surface area contributed by atoms with Gasteiger partial charge in [-0.1, -0.05) is 24.3 Å². The number of unbranched alkanes of at least 4 members (excludes halogenated alkanes) is 1. The van der Waals surface area contributed by atoms with Gasteiger partial charge in [0.05, 0.1) is 12.1 Å². The number of aryl methyl sites for hydroxylation is 1. The molecule has 1 atom stereocenters. The molecule has 136 valence electrons. The maximum absolute atomic E-state index is 12.0. The van der Waals surface area contributed by atoms with Crippen LogP contribution in [-0.4, -0.2) is 35.5 Å². The molecule has 24 heavy (non-hydrogen) atoms. The van der Waals surface area contributed by atoms with Crippen LogP contribution >= 0.6 is 0 Å². The number of aliphatic hydroxyl groups excluding tert-OH is 1. The maximum atomic E-state index is 12.0. The summed E-state index contributed by atoms with van der Waals surface area (Å²) in [4.78, 5) is 12.0. The molecule has 1 amide bonds. The Labute approximate surface area is 145 Å². The van der Waals surface area contributed by atoms with Crippen LogP contribution in [0.2, 0.25) is 0 Å². The van der Waals surface area contributed by atoms with Crippen LogP contribution in [0.3, 0.4) is 0 Å². The summed E-state index contributed by atoms with van der Waals surface area (Å²) in [7, 11) is 0. The van der Waals surface area contributed by atoms with Crippen molar-refractivity contribution < 1.29 is 14.6 Å². The standard InChI is InChI=1S/C19H32N2O3/c1-18(2,3)24-17(23)21-19(4,14-22)13-16-10-7-9-15(12-16)8-5-6-11-20/h7,9-10,12,22H,5-6,8,11,13-14,20H2,1-4H3,(H,21,23). The van der Waals surface area contributed by atoms with Gasteiger partial charge in [0.2, 0.25) is 0 Å². The van der Waals surface area contributed by atoms with E-state index in [1.165, 1.54) is 5.56 Å². The summed E-state index contributed by atoms with van der Waals surface area (Å²) in [6, 6.07) is 8.24. The Bertz CT molecular complexity index is 526. The van der Waals surface area contributed by atoms with Gasteiger partial charge in [0, 0.05) is 0 Å². The molecule has 0 radical (unpaired) electrons. The van der Waals surface area contributed by atoms with Crippen LogP contribution < -0.4 is 11.1 Å². The quantitative estimate of drug-likeness (QED) is 0.637. The summed E-state index contributed by atoms with van der Waals surface area (Å²) in [6.07, 6.45) is 3.08. The minimum Gasteiger partial charge on any atom is -0.444 e. The Morgan fingerprint density at radius 2 is 1.88 bits per heavy atom. The molecule has 0 aliphatic rings. The molecular weight excluding hydrogens is 304 g/mol. The third-order valence-corrected chi connectivity index (χ3v) is 3.66. The van der Waals surface area contributed by atoms with Crippen molar-refractivity contribution >= 4 is 6.09 Å². The lowest BCUT2D eigenvalue weighted by molar-refractivity contribution is 0.0415. The number of hydrogen-bond donors (Lipinski definition) is 3. The highest BCUT2D eigenvalue weighted by atomic mass is 16.6. The third-order valence-electron chi connectivity index (χ3n) is 3.66. The summed E-state index contributed by atoms with van der Waals surface area (Å²) in [6.45, 7) is 7.80. The first-order chi connectivity index (χ1) is 11.2. The zero-order valence-corrected chi connectivity index (χ0v) is 15.4. The molecule has 0 aromatic heterocycles. The van der Waals surface area contributed by atoms with Crippen molar-refractivity contribution in [1.82, 2.24) is 5.32 Å². The van der Waals surface area contributed by atoms with E-state index in [1.807, 2.05) is 39.8 Å². The summed E-state index contributed by atoms with van der Waals surface area (Å²) in [5.74, 6) is 0. The van der Waals surface area contributed by atoms with Gasteiger partial charge in [-0.2, -0.15) is 0 Å². The van der Waals surface area contributed by atoms with Crippen molar-refractivity contribution in [3.63, 3.8) is 0 Å². The zero-order valence-electron chi connectivity index (χ0n) is 15.4. The minimum absolute atomic E-state index is 0.163. The van der Waals surface area contributed by atoms with Crippen LogP contribution in [0.1, 0.15) is 51.7 Å². The lowest BCUT2D eigenvalue weighted by atomic mass is 9.92. The molecule has 0 spiro atoms. The van der Waals surface area contributed by atoms with Gasteiger partial charge in [-0.05, 0) is 71.0 Å². The molecule has 0 heterocycles. The molecule has 0 saturated carbocycles. The summed E-state index contributed by atoms with van der Waals surface area (Å²) in [5.41, 5.74) is 6.53. The van der Waals surface area contributed by atoms with Crippen molar-refractivity contribution in [2.24, 2.45) is 5.73 Å². The molecule has 0 saturated heterocycles. The lowest BCUT2D eigenvalue weighted by Gasteiger charge is -2.30. The van der Waals surface area contributed by atoms with Gasteiger partial charge < -0.3 is 20.9 Å². The summed E-state index contributed by atoms with van der Waals surface area (Å²) >= 11 is 0. The number of aliphatic hydroxyl groups is 1. The second kappa shape index (κ2) is 9.04. The number of rotatable bonds is 8. The highest BCUT2D eigenvalue weighted by Gasteiger charge is 2.28. The van der Waals surface area contributed by atoms with Crippen molar-refractivity contribution in [2.45, 2.75) is 64.5 Å². The number of amides is 1. The van der Waals surface area contributed by atoms with Crippen LogP contribution in [0.15, 0.2) is 24.3 Å². The first-order valence-electron chi connectivity index (χ1n) is 8.57. The molecule has 0 bridgehead atoms. The Morgan fingerprint density at radius 1 is 1.21 bits per heavy atom. The van der Waals surface area contributed by atoms with Gasteiger partial charge in [0.15, 0.2) is 0 Å². The first-order valence-corrected chi connectivity index (χ1v) is 8.57. The fourth-order valence-corrected chi connectivity index (χ4v) is 2.51. The van der Waals surface area contributed by atoms with E-state index in [4.69, 9.17) is 10.5 Å². The number of alkyl carbamates (subject to hydrolysis) is 1. The third kappa shape index (κ3) is 7.79. The summed E-state index contributed by atoms with van der Waals surface area (Å²) in [5, 5.41) is 12.5. The highest BCUT2D eigenvalue weighted by molar-refractivity contribution is 5.68. The molecule has 1 aromatic carbocycles. The van der Waals surface area contributed by atoms with Crippen LogP contribution in [0.5, 0.6) is 0 Å². The van der Waals surface area contributed by atoms with Crippen LogP contribution in [0.25, 0.3) is 0 Å². The number of carbonyl (C=O) groups excluding carboxylic acids is 1. The first kappa shape index (κ1) is 20.5. The number of benzene rings is 1. The van der Waals surface area contributed by atoms with Crippen molar-refractivity contribution in [1.29, 1.82) is 0 Å². The van der Waals surface area contributed by atoms with Gasteiger partial charge in [-0.25, -0.2) is 4.79 Å². The number of carbonyl (C=O) groups is 1. The number of ether oxygens (including phenoxy) is 1. The Morgan fingerprint density at radius 3 is 2.46 bits per heavy atom. The average Bonchev–Trinajstić information content (AvgIpc) is 2.45. The van der Waals surface area contributed by atoms with Gasteiger partial charge in [-0.15, -0.1) is 0 Å². The van der Waals surface area contributed by atoms with Gasteiger partial charge in [-0.3, -0.25) is 0 Å². The SMILES string of the molecule is CC(CO)(Cc1cccc(CCCCN)c1)NC(=O)OC(C)(C)C. The van der Waals surface area contributed by atoms with E-state index in [9.17, 15) is 9.90 Å². The molecule has 4 N–H and O–H groups in total. The molecule has 1 rings (SSSR count).